The van der Waals surface area contributed by atoms with E-state index in [0.717, 1.165) is 31.6 Å². The Morgan fingerprint density at radius 1 is 1.47 bits per heavy atom. The van der Waals surface area contributed by atoms with E-state index in [2.05, 4.69) is 5.32 Å². The highest BCUT2D eigenvalue weighted by molar-refractivity contribution is 5.21. The highest BCUT2D eigenvalue weighted by Gasteiger charge is 2.28. The van der Waals surface area contributed by atoms with Crippen molar-refractivity contribution in [2.45, 2.75) is 31.4 Å². The van der Waals surface area contributed by atoms with Gasteiger partial charge in [0.15, 0.2) is 0 Å². The third-order valence-electron chi connectivity index (χ3n) is 3.48. The number of benzene rings is 1. The van der Waals surface area contributed by atoms with E-state index in [0.29, 0.717) is 6.61 Å². The highest BCUT2D eigenvalue weighted by Crippen LogP contribution is 2.21. The Kier molecular flexibility index (Phi) is 4.50. The van der Waals surface area contributed by atoms with E-state index in [1.54, 1.807) is 0 Å². The Balaban J connectivity index is 1.95. The first kappa shape index (κ1) is 14.4. The summed E-state index contributed by atoms with van der Waals surface area (Å²) in [5.74, 6) is -1.37. The van der Waals surface area contributed by atoms with Crippen molar-refractivity contribution in [3.63, 3.8) is 0 Å². The Morgan fingerprint density at radius 3 is 2.89 bits per heavy atom. The highest BCUT2D eigenvalue weighted by atomic mass is 19.1. The monoisotopic (exact) mass is 271 g/mol. The molecule has 2 rings (SSSR count). The summed E-state index contributed by atoms with van der Waals surface area (Å²) in [7, 11) is 0. The van der Waals surface area contributed by atoms with Crippen LogP contribution in [0.4, 0.5) is 8.78 Å². The molecule has 0 bridgehead atoms. The fourth-order valence-electron chi connectivity index (χ4n) is 2.30. The van der Waals surface area contributed by atoms with Crippen LogP contribution in [0.1, 0.15) is 31.4 Å². The minimum atomic E-state index is -1.00. The molecule has 0 amide bonds. The SMILES string of the molecule is CC1(NCC(O)c2ccc(F)cc2F)CCCOC1. The van der Waals surface area contributed by atoms with Crippen LogP contribution in [0.5, 0.6) is 0 Å². The Labute approximate surface area is 111 Å². The summed E-state index contributed by atoms with van der Waals surface area (Å²) in [4.78, 5) is 0. The number of halogens is 2. The molecule has 1 saturated heterocycles. The van der Waals surface area contributed by atoms with Crippen LogP contribution in [0.15, 0.2) is 18.2 Å². The normalized spacial score (nSPS) is 25.3. The smallest absolute Gasteiger partial charge is 0.131 e. The lowest BCUT2D eigenvalue weighted by Gasteiger charge is -2.35. The maximum absolute atomic E-state index is 13.5. The van der Waals surface area contributed by atoms with E-state index in [4.69, 9.17) is 4.74 Å². The molecular formula is C14H19F2NO2. The van der Waals surface area contributed by atoms with E-state index in [9.17, 15) is 13.9 Å². The molecule has 1 aliphatic heterocycles. The van der Waals surface area contributed by atoms with Gasteiger partial charge < -0.3 is 15.2 Å². The molecule has 2 unspecified atom stereocenters. The molecule has 1 aromatic rings. The van der Waals surface area contributed by atoms with E-state index >= 15 is 0 Å². The van der Waals surface area contributed by atoms with Gasteiger partial charge >= 0.3 is 0 Å². The number of aliphatic hydroxyl groups is 1. The van der Waals surface area contributed by atoms with Gasteiger partial charge in [0, 0.05) is 30.3 Å². The molecule has 106 valence electrons. The van der Waals surface area contributed by atoms with E-state index in [1.165, 1.54) is 6.07 Å². The predicted molar refractivity (Wildman–Crippen MR) is 67.8 cm³/mol. The average Bonchev–Trinajstić information content (AvgIpc) is 2.37. The minimum Gasteiger partial charge on any atom is -0.387 e. The largest absolute Gasteiger partial charge is 0.387 e. The quantitative estimate of drug-likeness (QED) is 0.881. The zero-order valence-electron chi connectivity index (χ0n) is 11.0. The van der Waals surface area contributed by atoms with Crippen LogP contribution in [-0.2, 0) is 4.74 Å². The summed E-state index contributed by atoms with van der Waals surface area (Å²) < 4.78 is 31.7. The topological polar surface area (TPSA) is 41.5 Å². The summed E-state index contributed by atoms with van der Waals surface area (Å²) in [6.45, 7) is 3.56. The molecule has 0 saturated carbocycles. The summed E-state index contributed by atoms with van der Waals surface area (Å²) in [6.07, 6.45) is 0.912. The van der Waals surface area contributed by atoms with Crippen molar-refractivity contribution in [2.75, 3.05) is 19.8 Å². The van der Waals surface area contributed by atoms with Gasteiger partial charge in [-0.1, -0.05) is 6.07 Å². The molecule has 0 aromatic heterocycles. The van der Waals surface area contributed by atoms with Crippen molar-refractivity contribution in [3.8, 4) is 0 Å². The second kappa shape index (κ2) is 5.94. The molecule has 1 aromatic carbocycles. The summed E-state index contributed by atoms with van der Waals surface area (Å²) in [6, 6.07) is 3.20. The third kappa shape index (κ3) is 3.72. The molecule has 3 nitrogen and oxygen atoms in total. The van der Waals surface area contributed by atoms with Crippen LogP contribution in [-0.4, -0.2) is 30.4 Å². The Morgan fingerprint density at radius 2 is 2.26 bits per heavy atom. The summed E-state index contributed by atoms with van der Waals surface area (Å²) in [5.41, 5.74) is -0.0929. The van der Waals surface area contributed by atoms with E-state index in [1.807, 2.05) is 6.92 Å². The predicted octanol–water partition coefficient (Wildman–Crippen LogP) is 2.16. The zero-order valence-corrected chi connectivity index (χ0v) is 11.0. The molecule has 0 aliphatic carbocycles. The first-order valence-corrected chi connectivity index (χ1v) is 6.46. The lowest BCUT2D eigenvalue weighted by Crippen LogP contribution is -2.50. The van der Waals surface area contributed by atoms with Gasteiger partial charge in [0.25, 0.3) is 0 Å². The number of rotatable bonds is 4. The van der Waals surface area contributed by atoms with Crippen LogP contribution in [0, 0.1) is 11.6 Å². The van der Waals surface area contributed by atoms with Crippen molar-refractivity contribution in [2.24, 2.45) is 0 Å². The first-order valence-electron chi connectivity index (χ1n) is 6.46. The number of hydrogen-bond acceptors (Lipinski definition) is 3. The fraction of sp³-hybridized carbons (Fsp3) is 0.571. The van der Waals surface area contributed by atoms with E-state index in [-0.39, 0.29) is 17.6 Å². The van der Waals surface area contributed by atoms with Crippen molar-refractivity contribution < 1.29 is 18.6 Å². The van der Waals surface area contributed by atoms with Gasteiger partial charge in [-0.15, -0.1) is 0 Å². The maximum atomic E-state index is 13.5. The molecule has 1 heterocycles. The molecule has 5 heteroatoms. The minimum absolute atomic E-state index is 0.106. The number of aliphatic hydroxyl groups excluding tert-OH is 1. The lowest BCUT2D eigenvalue weighted by atomic mass is 9.94. The van der Waals surface area contributed by atoms with Crippen LogP contribution >= 0.6 is 0 Å². The zero-order chi connectivity index (χ0) is 13.9. The van der Waals surface area contributed by atoms with Gasteiger partial charge in [-0.05, 0) is 25.8 Å². The molecule has 0 radical (unpaired) electrons. The number of ether oxygens (including phenoxy) is 1. The van der Waals surface area contributed by atoms with Crippen molar-refractivity contribution in [1.82, 2.24) is 5.32 Å². The van der Waals surface area contributed by atoms with Crippen LogP contribution in [0.25, 0.3) is 0 Å². The second-order valence-corrected chi connectivity index (χ2v) is 5.28. The maximum Gasteiger partial charge on any atom is 0.131 e. The van der Waals surface area contributed by atoms with Crippen molar-refractivity contribution >= 4 is 0 Å². The van der Waals surface area contributed by atoms with Gasteiger partial charge in [0.1, 0.15) is 11.6 Å². The van der Waals surface area contributed by atoms with Crippen LogP contribution in [0.3, 0.4) is 0 Å². The van der Waals surface area contributed by atoms with Crippen molar-refractivity contribution in [3.05, 3.63) is 35.4 Å². The molecule has 1 fully saturated rings. The Bertz CT molecular complexity index is 433. The van der Waals surface area contributed by atoms with Gasteiger partial charge in [-0.2, -0.15) is 0 Å². The number of nitrogens with one attached hydrogen (secondary N) is 1. The number of hydrogen-bond donors (Lipinski definition) is 2. The molecule has 2 N–H and O–H groups in total. The molecule has 1 aliphatic rings. The van der Waals surface area contributed by atoms with Gasteiger partial charge in [0.2, 0.25) is 0 Å². The van der Waals surface area contributed by atoms with Gasteiger partial charge in [0.05, 0.1) is 12.7 Å². The van der Waals surface area contributed by atoms with Gasteiger partial charge in [-0.3, -0.25) is 0 Å². The van der Waals surface area contributed by atoms with Gasteiger partial charge in [-0.25, -0.2) is 8.78 Å². The molecule has 0 spiro atoms. The third-order valence-corrected chi connectivity index (χ3v) is 3.48. The summed E-state index contributed by atoms with van der Waals surface area (Å²) in [5, 5.41) is 13.2. The molecular weight excluding hydrogens is 252 g/mol. The second-order valence-electron chi connectivity index (χ2n) is 5.28. The average molecular weight is 271 g/mol. The molecule has 19 heavy (non-hydrogen) atoms. The number of β-amino-alcohol motifs (C(OH)–C–C–N with tert-alkyl or cyclic N) is 1. The molecule has 2 atom stereocenters. The fourth-order valence-corrected chi connectivity index (χ4v) is 2.30. The Hall–Kier alpha value is -1.04. The summed E-state index contributed by atoms with van der Waals surface area (Å²) >= 11 is 0. The van der Waals surface area contributed by atoms with Crippen LogP contribution < -0.4 is 5.32 Å². The first-order chi connectivity index (χ1) is 9.00. The van der Waals surface area contributed by atoms with Crippen molar-refractivity contribution in [1.29, 1.82) is 0 Å². The van der Waals surface area contributed by atoms with Crippen LogP contribution in [0.2, 0.25) is 0 Å². The standard InChI is InChI=1S/C14H19F2NO2/c1-14(5-2-6-19-9-14)17-8-13(18)11-4-3-10(15)7-12(11)16/h3-4,7,13,17-18H,2,5-6,8-9H2,1H3. The van der Waals surface area contributed by atoms with E-state index < -0.39 is 17.7 Å². The lowest BCUT2D eigenvalue weighted by molar-refractivity contribution is 0.0219.